The van der Waals surface area contributed by atoms with Crippen LogP contribution in [0.4, 0.5) is 0 Å². The number of carbonyl (C=O) groups is 1. The van der Waals surface area contributed by atoms with E-state index in [1.54, 1.807) is 26.4 Å². The van der Waals surface area contributed by atoms with Crippen LogP contribution in [0.2, 0.25) is 5.02 Å². The molecule has 0 amide bonds. The Kier molecular flexibility index (Phi) is 8.56. The first-order valence-corrected chi connectivity index (χ1v) is 13.4. The van der Waals surface area contributed by atoms with Gasteiger partial charge in [0, 0.05) is 16.1 Å². The van der Waals surface area contributed by atoms with E-state index in [0.29, 0.717) is 45.6 Å². The number of hydrogen-bond donors (Lipinski definition) is 1. The van der Waals surface area contributed by atoms with E-state index in [1.807, 2.05) is 89.6 Å². The normalized spacial score (nSPS) is 10.8. The van der Waals surface area contributed by atoms with Crippen LogP contribution in [0.3, 0.4) is 0 Å². The topological polar surface area (TPSA) is 82.8 Å². The molecule has 0 saturated heterocycles. The molecule has 1 heterocycles. The van der Waals surface area contributed by atoms with Crippen LogP contribution in [0.25, 0.3) is 22.5 Å². The van der Waals surface area contributed by atoms with Crippen molar-refractivity contribution in [3.8, 4) is 39.8 Å². The molecule has 4 aromatic carbocycles. The zero-order valence-electron chi connectivity index (χ0n) is 22.7. The van der Waals surface area contributed by atoms with Gasteiger partial charge in [-0.25, -0.2) is 0 Å². The summed E-state index contributed by atoms with van der Waals surface area (Å²) in [5.41, 5.74) is 5.56. The third kappa shape index (κ3) is 6.53. The molecule has 0 unspecified atom stereocenters. The summed E-state index contributed by atoms with van der Waals surface area (Å²) in [5.74, 6) is 0.855. The van der Waals surface area contributed by atoms with Gasteiger partial charge in [-0.05, 0) is 59.2 Å². The summed E-state index contributed by atoms with van der Waals surface area (Å²) < 4.78 is 19.5. The highest BCUT2D eigenvalue weighted by molar-refractivity contribution is 6.30. The maximum Gasteiger partial charge on any atom is 0.307 e. The fourth-order valence-electron chi connectivity index (χ4n) is 4.71. The molecule has 1 N–H and O–H groups in total. The molecule has 41 heavy (non-hydrogen) atoms. The molecule has 5 rings (SSSR count). The first kappa shape index (κ1) is 27.8. The lowest BCUT2D eigenvalue weighted by Gasteiger charge is -2.14. The highest BCUT2D eigenvalue weighted by Gasteiger charge is 2.20. The Morgan fingerprint density at radius 2 is 1.59 bits per heavy atom. The number of benzene rings is 4. The SMILES string of the molecule is COc1cccc(-c2cc(-c3cc(CC(=O)O)ccc3OCc3cccc(Cl)c3)nn2Cc2ccccc2)c1OC. The molecular formula is C33H29ClN2O5. The van der Waals surface area contributed by atoms with Gasteiger partial charge in [0.25, 0.3) is 0 Å². The maximum absolute atomic E-state index is 11.5. The van der Waals surface area contributed by atoms with Crippen molar-refractivity contribution in [3.63, 3.8) is 0 Å². The minimum absolute atomic E-state index is 0.122. The second-order valence-electron chi connectivity index (χ2n) is 9.42. The van der Waals surface area contributed by atoms with E-state index in [9.17, 15) is 9.90 Å². The van der Waals surface area contributed by atoms with Crippen LogP contribution in [0.15, 0.2) is 97.1 Å². The van der Waals surface area contributed by atoms with Gasteiger partial charge < -0.3 is 19.3 Å². The molecule has 0 aliphatic rings. The number of halogens is 1. The van der Waals surface area contributed by atoms with Crippen molar-refractivity contribution in [1.29, 1.82) is 0 Å². The zero-order valence-corrected chi connectivity index (χ0v) is 23.5. The summed E-state index contributed by atoms with van der Waals surface area (Å²) in [6, 6.07) is 30.6. The quantitative estimate of drug-likeness (QED) is 0.182. The number of methoxy groups -OCH3 is 2. The van der Waals surface area contributed by atoms with E-state index >= 15 is 0 Å². The van der Waals surface area contributed by atoms with Gasteiger partial charge in [-0.3, -0.25) is 9.48 Å². The summed E-state index contributed by atoms with van der Waals surface area (Å²) in [4.78, 5) is 11.5. The van der Waals surface area contributed by atoms with Crippen LogP contribution in [0.5, 0.6) is 17.2 Å². The number of ether oxygens (including phenoxy) is 3. The Labute approximate surface area is 243 Å². The van der Waals surface area contributed by atoms with E-state index in [0.717, 1.165) is 22.4 Å². The van der Waals surface area contributed by atoms with Crippen molar-refractivity contribution in [3.05, 3.63) is 119 Å². The number of carboxylic acid groups (broad SMARTS) is 1. The average Bonchev–Trinajstić information content (AvgIpc) is 3.39. The number of aliphatic carboxylic acids is 1. The molecule has 0 aliphatic heterocycles. The van der Waals surface area contributed by atoms with Crippen molar-refractivity contribution in [2.24, 2.45) is 0 Å². The van der Waals surface area contributed by atoms with E-state index in [2.05, 4.69) is 0 Å². The van der Waals surface area contributed by atoms with Crippen molar-refractivity contribution >= 4 is 17.6 Å². The Morgan fingerprint density at radius 3 is 2.32 bits per heavy atom. The third-order valence-electron chi connectivity index (χ3n) is 6.59. The van der Waals surface area contributed by atoms with Gasteiger partial charge in [-0.1, -0.05) is 66.2 Å². The first-order chi connectivity index (χ1) is 19.9. The van der Waals surface area contributed by atoms with Crippen molar-refractivity contribution in [2.45, 2.75) is 19.6 Å². The lowest BCUT2D eigenvalue weighted by atomic mass is 10.0. The summed E-state index contributed by atoms with van der Waals surface area (Å²) in [6.45, 7) is 0.789. The van der Waals surface area contributed by atoms with Gasteiger partial charge in [0.1, 0.15) is 12.4 Å². The lowest BCUT2D eigenvalue weighted by molar-refractivity contribution is -0.136. The Hall–Kier alpha value is -4.75. The molecular weight excluding hydrogens is 540 g/mol. The highest BCUT2D eigenvalue weighted by Crippen LogP contribution is 2.40. The molecule has 5 aromatic rings. The zero-order chi connectivity index (χ0) is 28.8. The van der Waals surface area contributed by atoms with Gasteiger partial charge in [0.05, 0.1) is 38.6 Å². The van der Waals surface area contributed by atoms with E-state index in [-0.39, 0.29) is 13.0 Å². The van der Waals surface area contributed by atoms with Crippen LogP contribution >= 0.6 is 11.6 Å². The molecule has 0 bridgehead atoms. The highest BCUT2D eigenvalue weighted by atomic mass is 35.5. The summed E-state index contributed by atoms with van der Waals surface area (Å²) in [5, 5.41) is 15.1. The number of rotatable bonds is 11. The third-order valence-corrected chi connectivity index (χ3v) is 6.83. The minimum Gasteiger partial charge on any atom is -0.493 e. The molecule has 208 valence electrons. The van der Waals surface area contributed by atoms with E-state index < -0.39 is 5.97 Å². The average molecular weight is 569 g/mol. The van der Waals surface area contributed by atoms with Crippen molar-refractivity contribution in [1.82, 2.24) is 9.78 Å². The first-order valence-electron chi connectivity index (χ1n) is 13.0. The molecule has 0 fully saturated rings. The van der Waals surface area contributed by atoms with Gasteiger partial charge in [-0.15, -0.1) is 0 Å². The van der Waals surface area contributed by atoms with Crippen LogP contribution in [0.1, 0.15) is 16.7 Å². The second-order valence-corrected chi connectivity index (χ2v) is 9.86. The molecule has 0 aliphatic carbocycles. The number of hydrogen-bond acceptors (Lipinski definition) is 5. The number of nitrogens with zero attached hydrogens (tertiary/aromatic N) is 2. The standard InChI is InChI=1S/C33H29ClN2O5/c1-39-31-13-7-12-26(33(31)40-2)29-19-28(35-36(29)20-22-8-4-3-5-9-22)27-17-23(18-32(37)38)14-15-30(27)41-21-24-10-6-11-25(34)16-24/h3-17,19H,18,20-21H2,1-2H3,(H,37,38). The van der Waals surface area contributed by atoms with Crippen LogP contribution < -0.4 is 14.2 Å². The summed E-state index contributed by atoms with van der Waals surface area (Å²) in [7, 11) is 3.21. The fourth-order valence-corrected chi connectivity index (χ4v) is 4.92. The predicted molar refractivity (Wildman–Crippen MR) is 159 cm³/mol. The molecule has 8 heteroatoms. The summed E-state index contributed by atoms with van der Waals surface area (Å²) in [6.07, 6.45) is -0.122. The number of aromatic nitrogens is 2. The van der Waals surface area contributed by atoms with Crippen LogP contribution in [0, 0.1) is 0 Å². The molecule has 0 atom stereocenters. The smallest absolute Gasteiger partial charge is 0.307 e. The maximum atomic E-state index is 11.5. The summed E-state index contributed by atoms with van der Waals surface area (Å²) >= 11 is 6.17. The van der Waals surface area contributed by atoms with Gasteiger partial charge >= 0.3 is 5.97 Å². The molecule has 0 radical (unpaired) electrons. The number of para-hydroxylation sites is 1. The fraction of sp³-hybridized carbons (Fsp3) is 0.152. The van der Waals surface area contributed by atoms with Gasteiger partial charge in [0.2, 0.25) is 0 Å². The van der Waals surface area contributed by atoms with Gasteiger partial charge in [0.15, 0.2) is 11.5 Å². The van der Waals surface area contributed by atoms with Crippen molar-refractivity contribution in [2.75, 3.05) is 14.2 Å². The molecule has 0 spiro atoms. The second kappa shape index (κ2) is 12.6. The van der Waals surface area contributed by atoms with Crippen molar-refractivity contribution < 1.29 is 24.1 Å². The lowest BCUT2D eigenvalue weighted by Crippen LogP contribution is -2.05. The largest absolute Gasteiger partial charge is 0.493 e. The molecule has 7 nitrogen and oxygen atoms in total. The Bertz CT molecular complexity index is 1670. The Balaban J connectivity index is 1.63. The monoisotopic (exact) mass is 568 g/mol. The molecule has 0 saturated carbocycles. The van der Waals surface area contributed by atoms with E-state index in [4.69, 9.17) is 30.9 Å². The Morgan fingerprint density at radius 1 is 0.805 bits per heavy atom. The minimum atomic E-state index is -0.917. The molecule has 1 aromatic heterocycles. The van der Waals surface area contributed by atoms with E-state index in [1.165, 1.54) is 0 Å². The van der Waals surface area contributed by atoms with Crippen LogP contribution in [-0.2, 0) is 24.4 Å². The van der Waals surface area contributed by atoms with Gasteiger partial charge in [-0.2, -0.15) is 5.10 Å². The predicted octanol–water partition coefficient (Wildman–Crippen LogP) is 7.14. The number of carboxylic acids is 1. The van der Waals surface area contributed by atoms with Crippen LogP contribution in [-0.4, -0.2) is 35.1 Å².